The largest absolute Gasteiger partial charge is 0.305 e. The van der Waals surface area contributed by atoms with E-state index in [0.717, 1.165) is 22.5 Å². The van der Waals surface area contributed by atoms with Crippen LogP contribution in [0.4, 0.5) is 0 Å². The van der Waals surface area contributed by atoms with E-state index < -0.39 is 0 Å². The van der Waals surface area contributed by atoms with Crippen LogP contribution >= 0.6 is 23.5 Å². The smallest absolute Gasteiger partial charge is 0.236 e. The number of hydrogen-bond donors (Lipinski definition) is 1. The molecule has 0 radical (unpaired) electrons. The predicted octanol–water partition coefficient (Wildman–Crippen LogP) is 1.39. The van der Waals surface area contributed by atoms with Gasteiger partial charge in [0.1, 0.15) is 0 Å². The first-order chi connectivity index (χ1) is 7.84. The molecule has 0 aromatic carbocycles. The number of pyridine rings is 1. The van der Waals surface area contributed by atoms with Crippen molar-refractivity contribution in [3.63, 3.8) is 0 Å². The van der Waals surface area contributed by atoms with E-state index in [-0.39, 0.29) is 5.91 Å². The van der Waals surface area contributed by atoms with Crippen LogP contribution in [0.15, 0.2) is 34.4 Å². The van der Waals surface area contributed by atoms with Gasteiger partial charge in [-0.15, -0.1) is 0 Å². The molecule has 1 aliphatic rings. The summed E-state index contributed by atoms with van der Waals surface area (Å²) in [5.74, 6) is 1.31. The zero-order valence-electron chi connectivity index (χ0n) is 8.55. The molecule has 0 unspecified atom stereocenters. The SMILES string of the molecule is O=C(CSc1ccccn1)NC1=NCCS1. The normalized spacial score (nSPS) is 14.6. The monoisotopic (exact) mass is 253 g/mol. The maximum atomic E-state index is 11.5. The molecule has 0 bridgehead atoms. The van der Waals surface area contributed by atoms with E-state index in [4.69, 9.17) is 0 Å². The number of aliphatic imine (C=N–C) groups is 1. The number of carbonyl (C=O) groups is 1. The molecular weight excluding hydrogens is 242 g/mol. The zero-order chi connectivity index (χ0) is 11.2. The minimum atomic E-state index is -0.0243. The second kappa shape index (κ2) is 5.91. The molecule has 0 fully saturated rings. The van der Waals surface area contributed by atoms with Crippen LogP contribution in [0.3, 0.4) is 0 Å². The summed E-state index contributed by atoms with van der Waals surface area (Å²) in [6, 6.07) is 5.65. The summed E-state index contributed by atoms with van der Waals surface area (Å²) in [5.41, 5.74) is 0. The number of nitrogens with one attached hydrogen (secondary N) is 1. The molecule has 84 valence electrons. The van der Waals surface area contributed by atoms with E-state index in [1.807, 2.05) is 18.2 Å². The lowest BCUT2D eigenvalue weighted by Gasteiger charge is -2.02. The number of thioether (sulfide) groups is 2. The zero-order valence-corrected chi connectivity index (χ0v) is 10.2. The third-order valence-corrected chi connectivity index (χ3v) is 3.66. The summed E-state index contributed by atoms with van der Waals surface area (Å²) >= 11 is 3.01. The van der Waals surface area contributed by atoms with Crippen LogP contribution in [-0.2, 0) is 4.79 Å². The van der Waals surface area contributed by atoms with Crippen LogP contribution in [0.2, 0.25) is 0 Å². The molecular formula is C10H11N3OS2. The van der Waals surface area contributed by atoms with Crippen molar-refractivity contribution in [1.29, 1.82) is 0 Å². The molecule has 0 saturated heterocycles. The number of amides is 1. The fourth-order valence-corrected chi connectivity index (χ4v) is 2.54. The van der Waals surface area contributed by atoms with E-state index in [0.29, 0.717) is 5.75 Å². The van der Waals surface area contributed by atoms with Crippen LogP contribution in [0.1, 0.15) is 0 Å². The first kappa shape index (κ1) is 11.5. The van der Waals surface area contributed by atoms with E-state index >= 15 is 0 Å². The maximum Gasteiger partial charge on any atom is 0.236 e. The summed E-state index contributed by atoms with van der Waals surface area (Å²) < 4.78 is 0. The van der Waals surface area contributed by atoms with E-state index in [1.165, 1.54) is 11.8 Å². The van der Waals surface area contributed by atoms with Crippen molar-refractivity contribution in [3.8, 4) is 0 Å². The lowest BCUT2D eigenvalue weighted by Crippen LogP contribution is -2.28. The van der Waals surface area contributed by atoms with Gasteiger partial charge in [-0.05, 0) is 12.1 Å². The summed E-state index contributed by atoms with van der Waals surface area (Å²) in [6.07, 6.45) is 1.72. The van der Waals surface area contributed by atoms with Crippen molar-refractivity contribution in [2.24, 2.45) is 4.99 Å². The Kier molecular flexibility index (Phi) is 4.24. The van der Waals surface area contributed by atoms with Gasteiger partial charge in [-0.25, -0.2) is 4.98 Å². The molecule has 2 rings (SSSR count). The molecule has 1 amide bonds. The molecule has 2 heterocycles. The van der Waals surface area contributed by atoms with Gasteiger partial charge < -0.3 is 5.32 Å². The van der Waals surface area contributed by atoms with Crippen LogP contribution in [0, 0.1) is 0 Å². The summed E-state index contributed by atoms with van der Waals surface area (Å²) in [4.78, 5) is 19.8. The van der Waals surface area contributed by atoms with Crippen LogP contribution < -0.4 is 5.32 Å². The highest BCUT2D eigenvalue weighted by Gasteiger charge is 2.10. The van der Waals surface area contributed by atoms with E-state index in [2.05, 4.69) is 15.3 Å². The number of hydrogen-bond acceptors (Lipinski definition) is 5. The van der Waals surface area contributed by atoms with Crippen LogP contribution in [0.5, 0.6) is 0 Å². The van der Waals surface area contributed by atoms with Crippen LogP contribution in [0.25, 0.3) is 0 Å². The van der Waals surface area contributed by atoms with E-state index in [1.54, 1.807) is 18.0 Å². The Hall–Kier alpha value is -1.01. The third-order valence-electron chi connectivity index (χ3n) is 1.82. The van der Waals surface area contributed by atoms with Gasteiger partial charge in [0.25, 0.3) is 0 Å². The van der Waals surface area contributed by atoms with Crippen molar-refractivity contribution in [2.45, 2.75) is 5.03 Å². The van der Waals surface area contributed by atoms with Gasteiger partial charge in [-0.2, -0.15) is 0 Å². The number of amidine groups is 1. The highest BCUT2D eigenvalue weighted by Crippen LogP contribution is 2.14. The molecule has 16 heavy (non-hydrogen) atoms. The molecule has 0 spiro atoms. The van der Waals surface area contributed by atoms with Crippen LogP contribution in [-0.4, -0.2) is 34.1 Å². The van der Waals surface area contributed by atoms with Gasteiger partial charge in [0.2, 0.25) is 5.91 Å². The fourth-order valence-electron chi connectivity index (χ4n) is 1.14. The van der Waals surface area contributed by atoms with Crippen molar-refractivity contribution in [1.82, 2.24) is 10.3 Å². The highest BCUT2D eigenvalue weighted by atomic mass is 32.2. The average Bonchev–Trinajstić information content (AvgIpc) is 2.81. The Balaban J connectivity index is 1.75. The van der Waals surface area contributed by atoms with Crippen molar-refractivity contribution in [2.75, 3.05) is 18.1 Å². The van der Waals surface area contributed by atoms with Crippen molar-refractivity contribution >= 4 is 34.6 Å². The lowest BCUT2D eigenvalue weighted by atomic mass is 10.5. The van der Waals surface area contributed by atoms with Crippen molar-refractivity contribution in [3.05, 3.63) is 24.4 Å². The Bertz CT molecular complexity index is 394. The summed E-state index contributed by atoms with van der Waals surface area (Å²) in [6.45, 7) is 0.799. The van der Waals surface area contributed by atoms with Gasteiger partial charge in [0.05, 0.1) is 17.3 Å². The Morgan fingerprint density at radius 1 is 1.56 bits per heavy atom. The summed E-state index contributed by atoms with van der Waals surface area (Å²) in [5, 5.41) is 4.38. The minimum absolute atomic E-state index is 0.0243. The maximum absolute atomic E-state index is 11.5. The molecule has 0 atom stereocenters. The topological polar surface area (TPSA) is 54.4 Å². The molecule has 1 aromatic heterocycles. The number of aromatic nitrogens is 1. The minimum Gasteiger partial charge on any atom is -0.305 e. The number of nitrogens with zero attached hydrogens (tertiary/aromatic N) is 2. The number of rotatable bonds is 3. The molecule has 1 N–H and O–H groups in total. The second-order valence-corrected chi connectivity index (χ2v) is 5.12. The first-order valence-corrected chi connectivity index (χ1v) is 6.82. The Morgan fingerprint density at radius 2 is 2.50 bits per heavy atom. The second-order valence-electron chi connectivity index (χ2n) is 3.04. The fraction of sp³-hybridized carbons (Fsp3) is 0.300. The van der Waals surface area contributed by atoms with Gasteiger partial charge in [-0.3, -0.25) is 9.79 Å². The lowest BCUT2D eigenvalue weighted by molar-refractivity contribution is -0.117. The molecule has 1 aromatic rings. The van der Waals surface area contributed by atoms with Gasteiger partial charge >= 0.3 is 0 Å². The number of carbonyl (C=O) groups excluding carboxylic acids is 1. The molecule has 4 nitrogen and oxygen atoms in total. The van der Waals surface area contributed by atoms with Gasteiger partial charge in [0.15, 0.2) is 5.17 Å². The Labute approximate surface area is 102 Å². The van der Waals surface area contributed by atoms with Crippen molar-refractivity contribution < 1.29 is 4.79 Å². The molecule has 0 saturated carbocycles. The molecule has 6 heteroatoms. The van der Waals surface area contributed by atoms with E-state index in [9.17, 15) is 4.79 Å². The summed E-state index contributed by atoms with van der Waals surface area (Å²) in [7, 11) is 0. The molecule has 0 aliphatic carbocycles. The standard InChI is InChI=1S/C10H11N3OS2/c14-8(13-10-12-5-6-15-10)7-16-9-3-1-2-4-11-9/h1-4H,5-7H2,(H,12,13,14). The first-order valence-electron chi connectivity index (χ1n) is 4.85. The average molecular weight is 253 g/mol. The van der Waals surface area contributed by atoms with Gasteiger partial charge in [0, 0.05) is 11.9 Å². The predicted molar refractivity (Wildman–Crippen MR) is 67.9 cm³/mol. The molecule has 1 aliphatic heterocycles. The third kappa shape index (κ3) is 3.53. The quantitative estimate of drug-likeness (QED) is 0.827. The highest BCUT2D eigenvalue weighted by molar-refractivity contribution is 8.14. The van der Waals surface area contributed by atoms with Gasteiger partial charge in [-0.1, -0.05) is 29.6 Å². The Morgan fingerprint density at radius 3 is 3.19 bits per heavy atom.